The summed E-state index contributed by atoms with van der Waals surface area (Å²) in [5.41, 5.74) is 6.18. The molecule has 1 aliphatic rings. The maximum absolute atomic E-state index is 12.3. The summed E-state index contributed by atoms with van der Waals surface area (Å²) in [5.74, 6) is -0.177. The molecule has 4 heteroatoms. The van der Waals surface area contributed by atoms with Gasteiger partial charge in [-0.05, 0) is 62.8 Å². The van der Waals surface area contributed by atoms with Crippen LogP contribution in [0.4, 0.5) is 5.69 Å². The second-order valence-electron chi connectivity index (χ2n) is 6.02. The highest BCUT2D eigenvalue weighted by atomic mass is 16.1. The van der Waals surface area contributed by atoms with E-state index in [0.717, 1.165) is 12.1 Å². The van der Waals surface area contributed by atoms with E-state index in [0.29, 0.717) is 11.3 Å². The first kappa shape index (κ1) is 15.4. The van der Waals surface area contributed by atoms with Crippen LogP contribution in [0.25, 0.3) is 5.57 Å². The van der Waals surface area contributed by atoms with Crippen molar-refractivity contribution in [1.82, 2.24) is 9.97 Å². The molecule has 1 heterocycles. The molecular formula is C19H21N3O. The maximum atomic E-state index is 12.3. The number of carbonyl (C=O) groups is 1. The minimum absolute atomic E-state index is 0.177. The van der Waals surface area contributed by atoms with Crippen molar-refractivity contribution in [2.45, 2.75) is 39.5 Å². The number of carbonyl (C=O) groups excluding carboxylic acids is 1. The quantitative estimate of drug-likeness (QED) is 0.915. The minimum Gasteiger partial charge on any atom is -0.322 e. The van der Waals surface area contributed by atoms with Gasteiger partial charge in [-0.3, -0.25) is 4.79 Å². The average molecular weight is 307 g/mol. The number of nitrogens with one attached hydrogen (secondary N) is 1. The normalized spacial score (nSPS) is 14.7. The van der Waals surface area contributed by atoms with Gasteiger partial charge in [0.2, 0.25) is 0 Å². The Balaban J connectivity index is 1.75. The molecule has 0 saturated heterocycles. The summed E-state index contributed by atoms with van der Waals surface area (Å²) in [6.07, 6.45) is 7.89. The highest BCUT2D eigenvalue weighted by Crippen LogP contribution is 2.32. The van der Waals surface area contributed by atoms with Crippen molar-refractivity contribution in [1.29, 1.82) is 0 Å². The van der Waals surface area contributed by atoms with Gasteiger partial charge in [0, 0.05) is 11.9 Å². The molecular weight excluding hydrogens is 286 g/mol. The van der Waals surface area contributed by atoms with Crippen LogP contribution in [0.1, 0.15) is 54.2 Å². The Hall–Kier alpha value is -2.49. The van der Waals surface area contributed by atoms with Gasteiger partial charge in [-0.1, -0.05) is 17.7 Å². The lowest BCUT2D eigenvalue weighted by atomic mass is 9.88. The van der Waals surface area contributed by atoms with E-state index in [-0.39, 0.29) is 5.91 Å². The standard InChI is InChI=1S/C19H21N3O/c1-13-5-3-4-6-17(13)15-7-9-16(10-8-15)22-19(23)18-11-20-12-21-14(18)2/h7-12H,3-6H2,1-2H3,(H,22,23). The van der Waals surface area contributed by atoms with Crippen LogP contribution in [0.2, 0.25) is 0 Å². The van der Waals surface area contributed by atoms with Gasteiger partial charge >= 0.3 is 0 Å². The Morgan fingerprint density at radius 2 is 1.83 bits per heavy atom. The lowest BCUT2D eigenvalue weighted by Crippen LogP contribution is -2.14. The smallest absolute Gasteiger partial charge is 0.259 e. The van der Waals surface area contributed by atoms with Crippen molar-refractivity contribution in [3.63, 3.8) is 0 Å². The summed E-state index contributed by atoms with van der Waals surface area (Å²) < 4.78 is 0. The number of hydrogen-bond acceptors (Lipinski definition) is 3. The largest absolute Gasteiger partial charge is 0.322 e. The highest BCUT2D eigenvalue weighted by molar-refractivity contribution is 6.04. The molecule has 1 aliphatic carbocycles. The third-order valence-electron chi connectivity index (χ3n) is 4.39. The Morgan fingerprint density at radius 1 is 1.09 bits per heavy atom. The molecule has 0 radical (unpaired) electrons. The predicted molar refractivity (Wildman–Crippen MR) is 92.2 cm³/mol. The Bertz CT molecular complexity index is 747. The second-order valence-corrected chi connectivity index (χ2v) is 6.02. The van der Waals surface area contributed by atoms with Crippen molar-refractivity contribution in [3.05, 3.63) is 59.2 Å². The zero-order valence-electron chi connectivity index (χ0n) is 13.6. The number of aromatic nitrogens is 2. The summed E-state index contributed by atoms with van der Waals surface area (Å²) in [5, 5.41) is 2.91. The first-order valence-corrected chi connectivity index (χ1v) is 8.02. The number of rotatable bonds is 3. The van der Waals surface area contributed by atoms with Crippen LogP contribution >= 0.6 is 0 Å². The predicted octanol–water partition coefficient (Wildman–Crippen LogP) is 4.38. The van der Waals surface area contributed by atoms with Crippen molar-refractivity contribution >= 4 is 17.2 Å². The van der Waals surface area contributed by atoms with Crippen molar-refractivity contribution in [2.75, 3.05) is 5.32 Å². The molecule has 0 atom stereocenters. The average Bonchev–Trinajstić information content (AvgIpc) is 2.56. The molecule has 0 unspecified atom stereocenters. The summed E-state index contributed by atoms with van der Waals surface area (Å²) >= 11 is 0. The van der Waals surface area contributed by atoms with Gasteiger partial charge in [-0.25, -0.2) is 9.97 Å². The molecule has 118 valence electrons. The topological polar surface area (TPSA) is 54.9 Å². The Kier molecular flexibility index (Phi) is 4.51. The SMILES string of the molecule is CC1=C(c2ccc(NC(=O)c3cncnc3C)cc2)CCCC1. The Labute approximate surface area is 136 Å². The summed E-state index contributed by atoms with van der Waals surface area (Å²) in [6.45, 7) is 4.03. The van der Waals surface area contributed by atoms with Crippen LogP contribution in [-0.4, -0.2) is 15.9 Å². The summed E-state index contributed by atoms with van der Waals surface area (Å²) in [4.78, 5) is 20.2. The van der Waals surface area contributed by atoms with E-state index >= 15 is 0 Å². The van der Waals surface area contributed by atoms with Gasteiger partial charge in [0.25, 0.3) is 5.91 Å². The number of benzene rings is 1. The van der Waals surface area contributed by atoms with Crippen LogP contribution in [0.5, 0.6) is 0 Å². The molecule has 0 spiro atoms. The molecule has 1 amide bonds. The van der Waals surface area contributed by atoms with E-state index in [2.05, 4.69) is 34.3 Å². The monoisotopic (exact) mass is 307 g/mol. The van der Waals surface area contributed by atoms with E-state index < -0.39 is 0 Å². The van der Waals surface area contributed by atoms with Gasteiger partial charge in [0.15, 0.2) is 0 Å². The van der Waals surface area contributed by atoms with Crippen LogP contribution in [0.15, 0.2) is 42.4 Å². The van der Waals surface area contributed by atoms with Crippen LogP contribution in [0.3, 0.4) is 0 Å². The van der Waals surface area contributed by atoms with Gasteiger partial charge in [0.1, 0.15) is 6.33 Å². The van der Waals surface area contributed by atoms with Crippen molar-refractivity contribution in [2.24, 2.45) is 0 Å². The van der Waals surface area contributed by atoms with Crippen LogP contribution in [-0.2, 0) is 0 Å². The fraction of sp³-hybridized carbons (Fsp3) is 0.316. The minimum atomic E-state index is -0.177. The second kappa shape index (κ2) is 6.73. The number of aryl methyl sites for hydroxylation is 1. The van der Waals surface area contributed by atoms with E-state index in [1.54, 1.807) is 13.1 Å². The maximum Gasteiger partial charge on any atom is 0.259 e. The number of hydrogen-bond donors (Lipinski definition) is 1. The molecule has 23 heavy (non-hydrogen) atoms. The van der Waals surface area contributed by atoms with Gasteiger partial charge in [-0.15, -0.1) is 0 Å². The third kappa shape index (κ3) is 3.47. The van der Waals surface area contributed by atoms with E-state index in [1.807, 2.05) is 12.1 Å². The van der Waals surface area contributed by atoms with E-state index in [9.17, 15) is 4.79 Å². The molecule has 0 bridgehead atoms. The fourth-order valence-electron chi connectivity index (χ4n) is 3.01. The number of allylic oxidation sites excluding steroid dienone is 2. The number of anilines is 1. The first-order valence-electron chi connectivity index (χ1n) is 8.02. The summed E-state index contributed by atoms with van der Waals surface area (Å²) in [6, 6.07) is 8.10. The molecule has 1 aromatic carbocycles. The molecule has 4 nitrogen and oxygen atoms in total. The van der Waals surface area contributed by atoms with Crippen molar-refractivity contribution in [3.8, 4) is 0 Å². The lowest BCUT2D eigenvalue weighted by Gasteiger charge is -2.18. The molecule has 0 aliphatic heterocycles. The number of amides is 1. The van der Waals surface area contributed by atoms with E-state index in [4.69, 9.17) is 0 Å². The van der Waals surface area contributed by atoms with Gasteiger partial charge in [0.05, 0.1) is 11.3 Å². The fourth-order valence-corrected chi connectivity index (χ4v) is 3.01. The zero-order valence-corrected chi connectivity index (χ0v) is 13.6. The molecule has 2 aromatic rings. The van der Waals surface area contributed by atoms with E-state index in [1.165, 1.54) is 42.3 Å². The third-order valence-corrected chi connectivity index (χ3v) is 4.39. The molecule has 1 aromatic heterocycles. The van der Waals surface area contributed by atoms with Crippen LogP contribution in [0, 0.1) is 6.92 Å². The molecule has 0 fully saturated rings. The van der Waals surface area contributed by atoms with Crippen molar-refractivity contribution < 1.29 is 4.79 Å². The molecule has 0 saturated carbocycles. The molecule has 3 rings (SSSR count). The zero-order chi connectivity index (χ0) is 16.2. The van der Waals surface area contributed by atoms with Crippen LogP contribution < -0.4 is 5.32 Å². The van der Waals surface area contributed by atoms with Gasteiger partial charge < -0.3 is 5.32 Å². The molecule has 1 N–H and O–H groups in total. The Morgan fingerprint density at radius 3 is 2.52 bits per heavy atom. The van der Waals surface area contributed by atoms with Gasteiger partial charge in [-0.2, -0.15) is 0 Å². The lowest BCUT2D eigenvalue weighted by molar-refractivity contribution is 0.102. The number of nitrogens with zero attached hydrogens (tertiary/aromatic N) is 2. The highest BCUT2D eigenvalue weighted by Gasteiger charge is 2.13. The summed E-state index contributed by atoms with van der Waals surface area (Å²) in [7, 11) is 0. The first-order chi connectivity index (χ1) is 11.1.